The van der Waals surface area contributed by atoms with E-state index in [1.54, 1.807) is 30.3 Å². The molecule has 1 aromatic heterocycles. The quantitative estimate of drug-likeness (QED) is 0.776. The molecule has 1 N–H and O–H groups in total. The molecule has 0 bridgehead atoms. The van der Waals surface area contributed by atoms with Gasteiger partial charge < -0.3 is 9.84 Å². The highest BCUT2D eigenvalue weighted by Gasteiger charge is 2.27. The molecule has 134 valence electrons. The summed E-state index contributed by atoms with van der Waals surface area (Å²) in [6.45, 7) is 0.485. The molecule has 1 unspecified atom stereocenters. The van der Waals surface area contributed by atoms with Gasteiger partial charge in [0.15, 0.2) is 21.3 Å². The van der Waals surface area contributed by atoms with Crippen LogP contribution in [0.5, 0.6) is 0 Å². The van der Waals surface area contributed by atoms with Crippen molar-refractivity contribution in [1.82, 2.24) is 10.5 Å². The van der Waals surface area contributed by atoms with Crippen molar-refractivity contribution >= 4 is 27.3 Å². The highest BCUT2D eigenvalue weighted by molar-refractivity contribution is 7.91. The van der Waals surface area contributed by atoms with E-state index < -0.39 is 9.84 Å². The zero-order chi connectivity index (χ0) is 17.9. The molecule has 8 heteroatoms. The van der Waals surface area contributed by atoms with Gasteiger partial charge in [-0.15, -0.1) is 0 Å². The first kappa shape index (κ1) is 17.9. The van der Waals surface area contributed by atoms with E-state index in [2.05, 4.69) is 10.5 Å². The number of aromatic nitrogens is 1. The molecule has 0 aliphatic carbocycles. The number of sulfone groups is 1. The Morgan fingerprint density at radius 2 is 2.08 bits per heavy atom. The molecule has 1 saturated heterocycles. The molecule has 0 radical (unpaired) electrons. The second kappa shape index (κ2) is 7.58. The predicted molar refractivity (Wildman–Crippen MR) is 95.3 cm³/mol. The van der Waals surface area contributed by atoms with E-state index in [1.165, 1.54) is 0 Å². The Bertz CT molecular complexity index is 846. The van der Waals surface area contributed by atoms with E-state index >= 15 is 0 Å². The normalized spacial score (nSPS) is 19.0. The van der Waals surface area contributed by atoms with Crippen molar-refractivity contribution in [2.75, 3.05) is 18.1 Å². The molecular weight excluding hydrogens is 364 g/mol. The number of carbonyl (C=O) groups is 1. The third kappa shape index (κ3) is 4.83. The summed E-state index contributed by atoms with van der Waals surface area (Å²) in [5.41, 5.74) is 1.01. The van der Waals surface area contributed by atoms with Crippen LogP contribution in [-0.2, 0) is 9.84 Å². The molecule has 1 aromatic carbocycles. The lowest BCUT2D eigenvalue weighted by molar-refractivity contribution is 0.0943. The summed E-state index contributed by atoms with van der Waals surface area (Å²) in [7, 11) is -2.84. The van der Waals surface area contributed by atoms with Crippen molar-refractivity contribution in [3.05, 3.63) is 41.0 Å². The Hall–Kier alpha value is -1.86. The lowest BCUT2D eigenvalue weighted by Gasteiger charge is -2.07. The van der Waals surface area contributed by atoms with Crippen LogP contribution in [0, 0.1) is 5.92 Å². The Labute approximate surface area is 151 Å². The highest BCUT2D eigenvalue weighted by Crippen LogP contribution is 2.23. The van der Waals surface area contributed by atoms with Crippen molar-refractivity contribution in [3.63, 3.8) is 0 Å². The third-order valence-corrected chi connectivity index (χ3v) is 6.36. The Kier molecular flexibility index (Phi) is 5.44. The van der Waals surface area contributed by atoms with Gasteiger partial charge in [0.1, 0.15) is 0 Å². The van der Waals surface area contributed by atoms with E-state index in [9.17, 15) is 13.2 Å². The molecule has 25 heavy (non-hydrogen) atoms. The lowest BCUT2D eigenvalue weighted by Crippen LogP contribution is -2.25. The molecule has 1 amide bonds. The second-order valence-corrected chi connectivity index (χ2v) is 8.92. The van der Waals surface area contributed by atoms with Gasteiger partial charge in [-0.3, -0.25) is 4.79 Å². The summed E-state index contributed by atoms with van der Waals surface area (Å²) in [4.78, 5) is 12.1. The van der Waals surface area contributed by atoms with Crippen LogP contribution < -0.4 is 5.32 Å². The fourth-order valence-corrected chi connectivity index (χ4v) is 4.95. The van der Waals surface area contributed by atoms with Gasteiger partial charge in [-0.05, 0) is 49.4 Å². The van der Waals surface area contributed by atoms with E-state index in [-0.39, 0.29) is 29.0 Å². The van der Waals surface area contributed by atoms with Gasteiger partial charge in [0.25, 0.3) is 5.91 Å². The van der Waals surface area contributed by atoms with Gasteiger partial charge in [-0.1, -0.05) is 16.8 Å². The lowest BCUT2D eigenvalue weighted by atomic mass is 10.0. The monoisotopic (exact) mass is 382 g/mol. The number of halogens is 1. The summed E-state index contributed by atoms with van der Waals surface area (Å²) in [6.07, 6.45) is 2.27. The van der Waals surface area contributed by atoms with E-state index in [0.29, 0.717) is 17.3 Å². The summed E-state index contributed by atoms with van der Waals surface area (Å²) in [5.74, 6) is 0.969. The van der Waals surface area contributed by atoms with E-state index in [1.807, 2.05) is 0 Å². The molecule has 1 aliphatic heterocycles. The van der Waals surface area contributed by atoms with Gasteiger partial charge >= 0.3 is 0 Å². The summed E-state index contributed by atoms with van der Waals surface area (Å²) in [5, 5.41) is 7.20. The van der Waals surface area contributed by atoms with Gasteiger partial charge in [0.2, 0.25) is 0 Å². The largest absolute Gasteiger partial charge is 0.355 e. The van der Waals surface area contributed by atoms with Crippen LogP contribution >= 0.6 is 11.6 Å². The van der Waals surface area contributed by atoms with Gasteiger partial charge in [-0.2, -0.15) is 0 Å². The molecule has 1 aliphatic rings. The smallest absolute Gasteiger partial charge is 0.273 e. The maximum absolute atomic E-state index is 12.1. The van der Waals surface area contributed by atoms with Crippen LogP contribution in [0.1, 0.15) is 29.8 Å². The first-order chi connectivity index (χ1) is 11.9. The van der Waals surface area contributed by atoms with Crippen molar-refractivity contribution in [1.29, 1.82) is 0 Å². The minimum atomic E-state index is -2.84. The Balaban J connectivity index is 1.46. The fraction of sp³-hybridized carbons (Fsp3) is 0.412. The molecular formula is C17H19ClN2O4S. The summed E-state index contributed by atoms with van der Waals surface area (Å²) in [6, 6.07) is 8.65. The zero-order valence-electron chi connectivity index (χ0n) is 13.6. The molecule has 0 spiro atoms. The van der Waals surface area contributed by atoms with Crippen LogP contribution in [0.4, 0.5) is 0 Å². The number of nitrogens with zero attached hydrogens (tertiary/aromatic N) is 1. The fourth-order valence-electron chi connectivity index (χ4n) is 2.92. The standard InChI is InChI=1S/C17H19ClN2O4S/c18-14-5-3-13(4-6-14)16-10-15(20-24-16)17(21)19-8-1-2-12-7-9-25(22,23)11-12/h3-6,10,12H,1-2,7-9,11H2,(H,19,21). The Morgan fingerprint density at radius 1 is 1.32 bits per heavy atom. The number of benzene rings is 1. The number of carbonyl (C=O) groups excluding carboxylic acids is 1. The van der Waals surface area contributed by atoms with Crippen LogP contribution in [0.25, 0.3) is 11.3 Å². The highest BCUT2D eigenvalue weighted by atomic mass is 35.5. The molecule has 0 saturated carbocycles. The average Bonchev–Trinajstić information content (AvgIpc) is 3.19. The number of amides is 1. The Morgan fingerprint density at radius 3 is 2.76 bits per heavy atom. The van der Waals surface area contributed by atoms with E-state index in [4.69, 9.17) is 16.1 Å². The maximum Gasteiger partial charge on any atom is 0.273 e. The topological polar surface area (TPSA) is 89.3 Å². The van der Waals surface area contributed by atoms with Crippen LogP contribution in [0.2, 0.25) is 5.02 Å². The maximum atomic E-state index is 12.1. The number of rotatable bonds is 6. The predicted octanol–water partition coefficient (Wildman–Crippen LogP) is 2.94. The first-order valence-corrected chi connectivity index (χ1v) is 10.3. The van der Waals surface area contributed by atoms with Crippen molar-refractivity contribution in [2.24, 2.45) is 5.92 Å². The van der Waals surface area contributed by atoms with Crippen LogP contribution in [0.3, 0.4) is 0 Å². The molecule has 6 nitrogen and oxygen atoms in total. The van der Waals surface area contributed by atoms with Crippen LogP contribution in [0.15, 0.2) is 34.9 Å². The third-order valence-electron chi connectivity index (χ3n) is 4.27. The van der Waals surface area contributed by atoms with Crippen molar-refractivity contribution < 1.29 is 17.7 Å². The van der Waals surface area contributed by atoms with Gasteiger partial charge in [0.05, 0.1) is 11.5 Å². The van der Waals surface area contributed by atoms with Gasteiger partial charge in [-0.25, -0.2) is 8.42 Å². The average molecular weight is 383 g/mol. The summed E-state index contributed by atoms with van der Waals surface area (Å²) < 4.78 is 28.0. The van der Waals surface area contributed by atoms with E-state index in [0.717, 1.165) is 24.8 Å². The molecule has 1 fully saturated rings. The SMILES string of the molecule is O=C(NCCCC1CCS(=O)(=O)C1)c1cc(-c2ccc(Cl)cc2)on1. The molecule has 3 rings (SSSR count). The number of hydrogen-bond acceptors (Lipinski definition) is 5. The number of nitrogens with one attached hydrogen (secondary N) is 1. The van der Waals surface area contributed by atoms with Gasteiger partial charge in [0, 0.05) is 23.2 Å². The molecule has 2 aromatic rings. The first-order valence-electron chi connectivity index (χ1n) is 8.14. The second-order valence-electron chi connectivity index (χ2n) is 6.25. The number of hydrogen-bond donors (Lipinski definition) is 1. The zero-order valence-corrected chi connectivity index (χ0v) is 15.1. The van der Waals surface area contributed by atoms with Crippen molar-refractivity contribution in [2.45, 2.75) is 19.3 Å². The molecule has 2 heterocycles. The minimum absolute atomic E-state index is 0.213. The van der Waals surface area contributed by atoms with Crippen LogP contribution in [-0.4, -0.2) is 37.5 Å². The minimum Gasteiger partial charge on any atom is -0.355 e. The summed E-state index contributed by atoms with van der Waals surface area (Å²) >= 11 is 5.84. The van der Waals surface area contributed by atoms with Crippen molar-refractivity contribution in [3.8, 4) is 11.3 Å². The molecule has 1 atom stereocenters.